The van der Waals surface area contributed by atoms with Gasteiger partial charge in [-0.05, 0) is 37.1 Å². The second kappa shape index (κ2) is 5.43. The number of rotatable bonds is 4. The highest BCUT2D eigenvalue weighted by atomic mass is 35.5. The van der Waals surface area contributed by atoms with Crippen LogP contribution in [0.15, 0.2) is 30.4 Å². The minimum absolute atomic E-state index is 0.109. The Hall–Kier alpha value is -0.500. The summed E-state index contributed by atoms with van der Waals surface area (Å²) in [6.45, 7) is 4.06. The van der Waals surface area contributed by atoms with Crippen LogP contribution >= 0.6 is 23.2 Å². The predicted octanol–water partition coefficient (Wildman–Crippen LogP) is 4.19. The van der Waals surface area contributed by atoms with Crippen molar-refractivity contribution >= 4 is 23.2 Å². The standard InChI is InChI=1S/C14H17Cl2N/c1-2-17-10-14(7-3-4-8-14)12-6-5-11(15)9-13(12)16/h3-6,9,17H,2,7-8,10H2,1H3. The molecule has 0 heterocycles. The molecule has 1 nitrogen and oxygen atoms in total. The Balaban J connectivity index is 2.32. The summed E-state index contributed by atoms with van der Waals surface area (Å²) < 4.78 is 0. The Morgan fingerprint density at radius 2 is 1.94 bits per heavy atom. The number of halogens is 2. The molecule has 0 bridgehead atoms. The molecule has 0 amide bonds. The predicted molar refractivity (Wildman–Crippen MR) is 75.1 cm³/mol. The molecule has 0 atom stereocenters. The first-order chi connectivity index (χ1) is 8.18. The van der Waals surface area contributed by atoms with Crippen molar-refractivity contribution in [2.75, 3.05) is 13.1 Å². The van der Waals surface area contributed by atoms with E-state index < -0.39 is 0 Å². The van der Waals surface area contributed by atoms with E-state index in [9.17, 15) is 0 Å². The summed E-state index contributed by atoms with van der Waals surface area (Å²) in [6.07, 6.45) is 6.56. The second-order valence-corrected chi connectivity index (χ2v) is 5.41. The lowest BCUT2D eigenvalue weighted by atomic mass is 9.78. The highest BCUT2D eigenvalue weighted by Crippen LogP contribution is 2.40. The van der Waals surface area contributed by atoms with Crippen LogP contribution < -0.4 is 5.32 Å². The zero-order chi connectivity index (χ0) is 12.3. The minimum Gasteiger partial charge on any atom is -0.316 e. The smallest absolute Gasteiger partial charge is 0.0459 e. The number of nitrogens with one attached hydrogen (secondary N) is 1. The molecule has 17 heavy (non-hydrogen) atoms. The summed E-state index contributed by atoms with van der Waals surface area (Å²) in [5.74, 6) is 0. The third-order valence-corrected chi connectivity index (χ3v) is 3.95. The summed E-state index contributed by atoms with van der Waals surface area (Å²) in [5, 5.41) is 4.91. The molecule has 1 aliphatic carbocycles. The number of hydrogen-bond donors (Lipinski definition) is 1. The van der Waals surface area contributed by atoms with Crippen molar-refractivity contribution in [3.8, 4) is 0 Å². The molecule has 1 aliphatic rings. The van der Waals surface area contributed by atoms with Gasteiger partial charge in [0.15, 0.2) is 0 Å². The van der Waals surface area contributed by atoms with Gasteiger partial charge in [0.2, 0.25) is 0 Å². The van der Waals surface area contributed by atoms with Gasteiger partial charge in [-0.25, -0.2) is 0 Å². The molecule has 1 aromatic carbocycles. The summed E-state index contributed by atoms with van der Waals surface area (Å²) in [5.41, 5.74) is 1.31. The fourth-order valence-electron chi connectivity index (χ4n) is 2.44. The molecule has 92 valence electrons. The van der Waals surface area contributed by atoms with Crippen LogP contribution in [0.3, 0.4) is 0 Å². The maximum atomic E-state index is 6.34. The highest BCUT2D eigenvalue weighted by Gasteiger charge is 2.34. The van der Waals surface area contributed by atoms with Gasteiger partial charge in [0.1, 0.15) is 0 Å². The third-order valence-electron chi connectivity index (χ3n) is 3.40. The number of likely N-dealkylation sites (N-methyl/N-ethyl adjacent to an activating group) is 1. The van der Waals surface area contributed by atoms with Gasteiger partial charge < -0.3 is 5.32 Å². The average Bonchev–Trinajstić information content (AvgIpc) is 2.76. The van der Waals surface area contributed by atoms with Crippen LogP contribution in [-0.4, -0.2) is 13.1 Å². The maximum Gasteiger partial charge on any atom is 0.0459 e. The molecule has 0 aliphatic heterocycles. The van der Waals surface area contributed by atoms with Gasteiger partial charge in [-0.3, -0.25) is 0 Å². The van der Waals surface area contributed by atoms with Gasteiger partial charge in [-0.2, -0.15) is 0 Å². The van der Waals surface area contributed by atoms with E-state index in [-0.39, 0.29) is 5.41 Å². The van der Waals surface area contributed by atoms with E-state index in [1.165, 1.54) is 5.56 Å². The lowest BCUT2D eigenvalue weighted by Gasteiger charge is -2.31. The molecule has 0 unspecified atom stereocenters. The van der Waals surface area contributed by atoms with Gasteiger partial charge in [0.25, 0.3) is 0 Å². The van der Waals surface area contributed by atoms with E-state index in [1.807, 2.05) is 12.1 Å². The topological polar surface area (TPSA) is 12.0 Å². The number of allylic oxidation sites excluding steroid dienone is 2. The molecule has 2 rings (SSSR count). The van der Waals surface area contributed by atoms with Crippen molar-refractivity contribution in [3.63, 3.8) is 0 Å². The SMILES string of the molecule is CCNCC1(c2ccc(Cl)cc2Cl)CC=CC1. The normalized spacial score (nSPS) is 17.6. The summed E-state index contributed by atoms with van der Waals surface area (Å²) in [6, 6.07) is 5.83. The lowest BCUT2D eigenvalue weighted by molar-refractivity contribution is 0.424. The van der Waals surface area contributed by atoms with Crippen LogP contribution in [0.1, 0.15) is 25.3 Å². The first-order valence-electron chi connectivity index (χ1n) is 5.99. The van der Waals surface area contributed by atoms with E-state index in [0.29, 0.717) is 5.02 Å². The summed E-state index contributed by atoms with van der Waals surface area (Å²) in [7, 11) is 0. The molecular weight excluding hydrogens is 253 g/mol. The van der Waals surface area contributed by atoms with Crippen molar-refractivity contribution in [2.45, 2.75) is 25.2 Å². The van der Waals surface area contributed by atoms with Crippen LogP contribution in [0, 0.1) is 0 Å². The van der Waals surface area contributed by atoms with E-state index in [2.05, 4.69) is 30.5 Å². The molecule has 0 radical (unpaired) electrons. The molecule has 0 aromatic heterocycles. The van der Waals surface area contributed by atoms with Gasteiger partial charge in [0.05, 0.1) is 0 Å². The van der Waals surface area contributed by atoms with Crippen LogP contribution in [0.2, 0.25) is 10.0 Å². The molecule has 0 fully saturated rings. The maximum absolute atomic E-state index is 6.34. The Bertz CT molecular complexity index is 418. The Morgan fingerprint density at radius 1 is 1.24 bits per heavy atom. The van der Waals surface area contributed by atoms with Crippen molar-refractivity contribution in [1.29, 1.82) is 0 Å². The van der Waals surface area contributed by atoms with Crippen molar-refractivity contribution in [1.82, 2.24) is 5.32 Å². The number of hydrogen-bond acceptors (Lipinski definition) is 1. The van der Waals surface area contributed by atoms with E-state index in [1.54, 1.807) is 0 Å². The first kappa shape index (κ1) is 12.9. The number of benzene rings is 1. The fourth-order valence-corrected chi connectivity index (χ4v) is 3.05. The molecule has 0 spiro atoms. The van der Waals surface area contributed by atoms with Gasteiger partial charge in [0, 0.05) is 22.0 Å². The zero-order valence-electron chi connectivity index (χ0n) is 9.97. The highest BCUT2D eigenvalue weighted by molar-refractivity contribution is 6.35. The largest absolute Gasteiger partial charge is 0.316 e. The quantitative estimate of drug-likeness (QED) is 0.809. The first-order valence-corrected chi connectivity index (χ1v) is 6.75. The van der Waals surface area contributed by atoms with Gasteiger partial charge >= 0.3 is 0 Å². The van der Waals surface area contributed by atoms with Crippen molar-refractivity contribution < 1.29 is 0 Å². The molecule has 1 aromatic rings. The Morgan fingerprint density at radius 3 is 2.53 bits per heavy atom. The van der Waals surface area contributed by atoms with Crippen LogP contribution in [0.4, 0.5) is 0 Å². The van der Waals surface area contributed by atoms with Crippen molar-refractivity contribution in [2.24, 2.45) is 0 Å². The van der Waals surface area contributed by atoms with Gasteiger partial charge in [-0.1, -0.05) is 48.3 Å². The Kier molecular flexibility index (Phi) is 4.13. The van der Waals surface area contributed by atoms with E-state index >= 15 is 0 Å². The fraction of sp³-hybridized carbons (Fsp3) is 0.429. The van der Waals surface area contributed by atoms with E-state index in [0.717, 1.165) is 31.0 Å². The summed E-state index contributed by atoms with van der Waals surface area (Å²) in [4.78, 5) is 0. The summed E-state index contributed by atoms with van der Waals surface area (Å²) >= 11 is 12.3. The third kappa shape index (κ3) is 2.67. The molecule has 3 heteroatoms. The molecule has 0 saturated heterocycles. The molecule has 1 N–H and O–H groups in total. The minimum atomic E-state index is 0.109. The second-order valence-electron chi connectivity index (χ2n) is 4.56. The van der Waals surface area contributed by atoms with Gasteiger partial charge in [-0.15, -0.1) is 0 Å². The van der Waals surface area contributed by atoms with Crippen LogP contribution in [-0.2, 0) is 5.41 Å². The monoisotopic (exact) mass is 269 g/mol. The van der Waals surface area contributed by atoms with Crippen LogP contribution in [0.5, 0.6) is 0 Å². The molecule has 0 saturated carbocycles. The van der Waals surface area contributed by atoms with Crippen molar-refractivity contribution in [3.05, 3.63) is 46.0 Å². The van der Waals surface area contributed by atoms with Crippen LogP contribution in [0.25, 0.3) is 0 Å². The molecular formula is C14H17Cl2N. The van der Waals surface area contributed by atoms with E-state index in [4.69, 9.17) is 23.2 Å². The lowest BCUT2D eigenvalue weighted by Crippen LogP contribution is -2.36. The average molecular weight is 270 g/mol. The Labute approximate surface area is 113 Å². The zero-order valence-corrected chi connectivity index (χ0v) is 11.5.